The highest BCUT2D eigenvalue weighted by molar-refractivity contribution is 5.93. The van der Waals surface area contributed by atoms with Crippen LogP contribution < -0.4 is 11.1 Å². The van der Waals surface area contributed by atoms with Gasteiger partial charge in [-0.15, -0.1) is 5.10 Å². The number of nitrogens with two attached hydrogens (primary N) is 1. The van der Waals surface area contributed by atoms with Crippen molar-refractivity contribution >= 4 is 23.3 Å². The molecule has 3 aromatic heterocycles. The zero-order valence-electron chi connectivity index (χ0n) is 17.4. The van der Waals surface area contributed by atoms with Crippen molar-refractivity contribution in [2.45, 2.75) is 44.6 Å². The number of carbonyl (C=O) groups excluding carboxylic acids is 1. The van der Waals surface area contributed by atoms with E-state index in [1.165, 1.54) is 17.4 Å². The quantitative estimate of drug-likeness (QED) is 0.459. The number of nitrogens with one attached hydrogen (secondary N) is 1. The molecule has 4 rings (SSSR count). The SMILES string of the molecule is N#CCC(C1CCCC1)n1cc(-c2nc(NCCC(=O)O)nn3c(C(N)=O)ccc23)cn1. The number of aliphatic carboxylic acids is 1. The van der Waals surface area contributed by atoms with E-state index in [-0.39, 0.29) is 30.6 Å². The Kier molecular flexibility index (Phi) is 6.02. The van der Waals surface area contributed by atoms with E-state index in [1.807, 2.05) is 10.9 Å². The second-order valence-corrected chi connectivity index (χ2v) is 7.92. The third-order valence-corrected chi connectivity index (χ3v) is 5.84. The first-order valence-electron chi connectivity index (χ1n) is 10.5. The van der Waals surface area contributed by atoms with Crippen LogP contribution in [0, 0.1) is 17.2 Å². The number of carboxylic acids is 1. The highest BCUT2D eigenvalue weighted by Crippen LogP contribution is 2.36. The molecule has 1 aliphatic rings. The summed E-state index contributed by atoms with van der Waals surface area (Å²) in [6, 6.07) is 5.55. The zero-order chi connectivity index (χ0) is 22.7. The van der Waals surface area contributed by atoms with E-state index in [1.54, 1.807) is 18.3 Å². The van der Waals surface area contributed by atoms with Gasteiger partial charge < -0.3 is 16.2 Å². The molecule has 1 atom stereocenters. The molecular weight excluding hydrogens is 412 g/mol. The van der Waals surface area contributed by atoms with Crippen LogP contribution in [0.1, 0.15) is 55.1 Å². The number of rotatable bonds is 9. The number of carboxylic acid groups (broad SMARTS) is 1. The molecule has 11 heteroatoms. The second kappa shape index (κ2) is 9.05. The molecule has 1 unspecified atom stereocenters. The summed E-state index contributed by atoms with van der Waals surface area (Å²) >= 11 is 0. The first kappa shape index (κ1) is 21.3. The van der Waals surface area contributed by atoms with Gasteiger partial charge in [0.1, 0.15) is 11.4 Å². The smallest absolute Gasteiger partial charge is 0.305 e. The molecule has 166 valence electrons. The van der Waals surface area contributed by atoms with Crippen molar-refractivity contribution in [3.63, 3.8) is 0 Å². The Balaban J connectivity index is 1.73. The monoisotopic (exact) mass is 436 g/mol. The summed E-state index contributed by atoms with van der Waals surface area (Å²) in [5.41, 5.74) is 7.47. The molecule has 0 spiro atoms. The number of fused-ring (bicyclic) bond motifs is 1. The lowest BCUT2D eigenvalue weighted by Crippen LogP contribution is -2.18. The average molecular weight is 436 g/mol. The van der Waals surface area contributed by atoms with Crippen LogP contribution in [0.5, 0.6) is 0 Å². The number of amides is 1. The summed E-state index contributed by atoms with van der Waals surface area (Å²) in [5, 5.41) is 29.9. The third kappa shape index (κ3) is 4.25. The van der Waals surface area contributed by atoms with Crippen LogP contribution in [-0.2, 0) is 4.79 Å². The molecular formula is C21H24N8O3. The second-order valence-electron chi connectivity index (χ2n) is 7.92. The molecule has 1 aliphatic carbocycles. The van der Waals surface area contributed by atoms with E-state index in [4.69, 9.17) is 10.8 Å². The summed E-state index contributed by atoms with van der Waals surface area (Å²) in [4.78, 5) is 27.2. The van der Waals surface area contributed by atoms with Crippen molar-refractivity contribution in [3.8, 4) is 17.3 Å². The topological polar surface area (TPSA) is 164 Å². The Hall–Kier alpha value is -3.94. The molecule has 11 nitrogen and oxygen atoms in total. The number of hydrogen-bond donors (Lipinski definition) is 3. The lowest BCUT2D eigenvalue weighted by molar-refractivity contribution is -0.136. The van der Waals surface area contributed by atoms with Gasteiger partial charge in [-0.2, -0.15) is 10.4 Å². The summed E-state index contributed by atoms with van der Waals surface area (Å²) in [6.07, 6.45) is 8.30. The van der Waals surface area contributed by atoms with Gasteiger partial charge in [-0.3, -0.25) is 14.3 Å². The molecule has 32 heavy (non-hydrogen) atoms. The highest BCUT2D eigenvalue weighted by atomic mass is 16.4. The minimum absolute atomic E-state index is 0.00441. The molecule has 1 amide bonds. The van der Waals surface area contributed by atoms with Crippen LogP contribution in [-0.4, -0.2) is 47.9 Å². The van der Waals surface area contributed by atoms with Gasteiger partial charge in [0.2, 0.25) is 5.95 Å². The lowest BCUT2D eigenvalue weighted by atomic mass is 9.96. The van der Waals surface area contributed by atoms with Gasteiger partial charge in [-0.1, -0.05) is 12.8 Å². The number of anilines is 1. The number of hydrogen-bond acceptors (Lipinski definition) is 7. The largest absolute Gasteiger partial charge is 0.481 e. The molecule has 3 aromatic rings. The van der Waals surface area contributed by atoms with Crippen molar-refractivity contribution in [1.82, 2.24) is 24.4 Å². The maximum absolute atomic E-state index is 11.8. The molecule has 3 heterocycles. The maximum Gasteiger partial charge on any atom is 0.305 e. The Bertz CT molecular complexity index is 1190. The van der Waals surface area contributed by atoms with E-state index in [0.29, 0.717) is 29.1 Å². The van der Waals surface area contributed by atoms with E-state index in [2.05, 4.69) is 26.6 Å². The van der Waals surface area contributed by atoms with Gasteiger partial charge in [0, 0.05) is 18.3 Å². The Morgan fingerprint density at radius 1 is 1.34 bits per heavy atom. The predicted octanol–water partition coefficient (Wildman–Crippen LogP) is 2.22. The number of nitriles is 1. The van der Waals surface area contributed by atoms with Gasteiger partial charge in [0.25, 0.3) is 5.91 Å². The maximum atomic E-state index is 11.8. The van der Waals surface area contributed by atoms with E-state index in [9.17, 15) is 14.9 Å². The Morgan fingerprint density at radius 2 is 2.12 bits per heavy atom. The molecule has 0 bridgehead atoms. The number of nitrogens with zero attached hydrogens (tertiary/aromatic N) is 6. The minimum atomic E-state index is -0.950. The average Bonchev–Trinajstić information content (AvgIpc) is 3.51. The summed E-state index contributed by atoms with van der Waals surface area (Å²) in [5.74, 6) is -1.01. The lowest BCUT2D eigenvalue weighted by Gasteiger charge is -2.21. The van der Waals surface area contributed by atoms with E-state index in [0.717, 1.165) is 12.8 Å². The van der Waals surface area contributed by atoms with Crippen molar-refractivity contribution in [1.29, 1.82) is 5.26 Å². The fraction of sp³-hybridized carbons (Fsp3) is 0.429. The van der Waals surface area contributed by atoms with Crippen LogP contribution in [0.4, 0.5) is 5.95 Å². The molecule has 4 N–H and O–H groups in total. The first-order valence-corrected chi connectivity index (χ1v) is 10.5. The first-order chi connectivity index (χ1) is 15.5. The molecule has 0 saturated heterocycles. The van der Waals surface area contributed by atoms with Gasteiger partial charge in [0.15, 0.2) is 0 Å². The van der Waals surface area contributed by atoms with Crippen LogP contribution in [0.25, 0.3) is 16.8 Å². The summed E-state index contributed by atoms with van der Waals surface area (Å²) in [7, 11) is 0. The summed E-state index contributed by atoms with van der Waals surface area (Å²) < 4.78 is 3.23. The predicted molar refractivity (Wildman–Crippen MR) is 115 cm³/mol. The van der Waals surface area contributed by atoms with Gasteiger partial charge in [-0.25, -0.2) is 9.50 Å². The summed E-state index contributed by atoms with van der Waals surface area (Å²) in [6.45, 7) is 0.124. The van der Waals surface area contributed by atoms with Crippen molar-refractivity contribution < 1.29 is 14.7 Å². The van der Waals surface area contributed by atoms with Crippen LogP contribution in [0.2, 0.25) is 0 Å². The Labute approximate surface area is 183 Å². The molecule has 1 fully saturated rings. The fourth-order valence-electron chi connectivity index (χ4n) is 4.30. The number of aromatic nitrogens is 5. The fourth-order valence-corrected chi connectivity index (χ4v) is 4.30. The molecule has 0 aromatic carbocycles. The number of primary amides is 1. The third-order valence-electron chi connectivity index (χ3n) is 5.84. The normalized spacial score (nSPS) is 15.0. The van der Waals surface area contributed by atoms with Gasteiger partial charge >= 0.3 is 5.97 Å². The minimum Gasteiger partial charge on any atom is -0.481 e. The molecule has 1 saturated carbocycles. The van der Waals surface area contributed by atoms with Crippen molar-refractivity contribution in [2.24, 2.45) is 11.7 Å². The van der Waals surface area contributed by atoms with Crippen molar-refractivity contribution in [2.75, 3.05) is 11.9 Å². The van der Waals surface area contributed by atoms with Crippen molar-refractivity contribution in [3.05, 3.63) is 30.2 Å². The Morgan fingerprint density at radius 3 is 2.81 bits per heavy atom. The zero-order valence-corrected chi connectivity index (χ0v) is 17.4. The standard InChI is InChI=1S/C21H24N8O3/c22-9-7-15(13-3-1-2-4-13)28-12-14(11-25-28)19-16-5-6-17(20(23)32)29(16)27-21(26-19)24-10-8-18(30)31/h5-6,11-13,15H,1-4,7-8,10H2,(H2,23,32)(H,24,27)(H,30,31). The van der Waals surface area contributed by atoms with E-state index < -0.39 is 11.9 Å². The van der Waals surface area contributed by atoms with E-state index >= 15 is 0 Å². The van der Waals surface area contributed by atoms with Crippen LogP contribution in [0.15, 0.2) is 24.5 Å². The molecule has 0 aliphatic heterocycles. The molecule has 0 radical (unpaired) electrons. The highest BCUT2D eigenvalue weighted by Gasteiger charge is 2.27. The van der Waals surface area contributed by atoms with Gasteiger partial charge in [-0.05, 0) is 30.9 Å². The van der Waals surface area contributed by atoms with Crippen LogP contribution >= 0.6 is 0 Å². The van der Waals surface area contributed by atoms with Crippen LogP contribution in [0.3, 0.4) is 0 Å². The van der Waals surface area contributed by atoms with Gasteiger partial charge in [0.05, 0.1) is 36.7 Å². The number of carbonyl (C=O) groups is 2.